The lowest BCUT2D eigenvalue weighted by atomic mass is 10.1. The third-order valence-corrected chi connectivity index (χ3v) is 3.16. The van der Waals surface area contributed by atoms with E-state index < -0.39 is 0 Å². The number of aryl methyl sites for hydroxylation is 1. The van der Waals surface area contributed by atoms with Gasteiger partial charge in [0.15, 0.2) is 5.78 Å². The van der Waals surface area contributed by atoms with E-state index in [9.17, 15) is 4.79 Å². The zero-order chi connectivity index (χ0) is 14.0. The molecule has 0 aliphatic heterocycles. The van der Waals surface area contributed by atoms with Crippen LogP contribution in [0, 0.1) is 6.92 Å². The molecule has 98 valence electrons. The topological polar surface area (TPSA) is 32.7 Å². The van der Waals surface area contributed by atoms with Crippen molar-refractivity contribution >= 4 is 34.5 Å². The minimum Gasteiger partial charge on any atom is -0.378 e. The third-order valence-electron chi connectivity index (χ3n) is 2.86. The smallest absolute Gasteiger partial charge is 0.197 e. The van der Waals surface area contributed by atoms with Crippen LogP contribution in [0.4, 0.5) is 11.4 Å². The van der Waals surface area contributed by atoms with Crippen LogP contribution in [0.3, 0.4) is 0 Å². The van der Waals surface area contributed by atoms with Gasteiger partial charge in [0, 0.05) is 19.8 Å². The number of aliphatic imine (C=N–C) groups is 1. The molecule has 0 amide bonds. The van der Waals surface area contributed by atoms with Crippen LogP contribution in [0.15, 0.2) is 46.5 Å². The fraction of sp³-hybridized carbons (Fsp3) is 0.200. The van der Waals surface area contributed by atoms with Crippen molar-refractivity contribution in [2.24, 2.45) is 4.99 Å². The van der Waals surface area contributed by atoms with E-state index in [4.69, 9.17) is 11.6 Å². The highest BCUT2D eigenvalue weighted by Gasteiger charge is 2.09. The number of ketones is 1. The fourth-order valence-electron chi connectivity index (χ4n) is 1.74. The molecule has 1 aromatic rings. The lowest BCUT2D eigenvalue weighted by Crippen LogP contribution is -2.08. The van der Waals surface area contributed by atoms with Crippen LogP contribution in [-0.4, -0.2) is 25.6 Å². The van der Waals surface area contributed by atoms with Crippen LogP contribution in [0.2, 0.25) is 0 Å². The van der Waals surface area contributed by atoms with E-state index in [-0.39, 0.29) is 10.8 Å². The number of anilines is 1. The van der Waals surface area contributed by atoms with E-state index in [0.29, 0.717) is 5.71 Å². The molecule has 0 aromatic heterocycles. The van der Waals surface area contributed by atoms with Gasteiger partial charge in [0.05, 0.1) is 16.4 Å². The molecule has 0 saturated heterocycles. The molecule has 1 aromatic carbocycles. The quantitative estimate of drug-likeness (QED) is 0.775. The molecule has 4 heteroatoms. The standard InChI is InChI=1S/C15H15ClN2O/c1-10-8-12(18(2)3)5-6-14(10)17-11-4-7-15(19)13(16)9-11/h4-9H,1-3H3. The van der Waals surface area contributed by atoms with Crippen LogP contribution in [0.1, 0.15) is 5.56 Å². The van der Waals surface area contributed by atoms with E-state index in [1.54, 1.807) is 12.2 Å². The molecule has 0 N–H and O–H groups in total. The summed E-state index contributed by atoms with van der Waals surface area (Å²) >= 11 is 5.81. The summed E-state index contributed by atoms with van der Waals surface area (Å²) in [5, 5.41) is 0.198. The Bertz CT molecular complexity index is 613. The maximum absolute atomic E-state index is 11.2. The number of halogens is 1. The van der Waals surface area contributed by atoms with Crippen molar-refractivity contribution in [3.63, 3.8) is 0 Å². The van der Waals surface area contributed by atoms with Gasteiger partial charge in [0.25, 0.3) is 0 Å². The van der Waals surface area contributed by atoms with E-state index >= 15 is 0 Å². The van der Waals surface area contributed by atoms with E-state index in [0.717, 1.165) is 16.9 Å². The van der Waals surface area contributed by atoms with Gasteiger partial charge < -0.3 is 4.90 Å². The zero-order valence-electron chi connectivity index (χ0n) is 11.1. The highest BCUT2D eigenvalue weighted by Crippen LogP contribution is 2.25. The molecule has 0 atom stereocenters. The van der Waals surface area contributed by atoms with Crippen LogP contribution in [-0.2, 0) is 4.79 Å². The molecule has 0 fully saturated rings. The van der Waals surface area contributed by atoms with Crippen molar-refractivity contribution in [1.29, 1.82) is 0 Å². The molecule has 2 rings (SSSR count). The second-order valence-electron chi connectivity index (χ2n) is 4.59. The van der Waals surface area contributed by atoms with Crippen molar-refractivity contribution in [3.05, 3.63) is 47.0 Å². The molecule has 0 radical (unpaired) electrons. The minimum atomic E-state index is -0.180. The average Bonchev–Trinajstić information content (AvgIpc) is 2.36. The Kier molecular flexibility index (Phi) is 3.86. The van der Waals surface area contributed by atoms with Crippen molar-refractivity contribution in [2.75, 3.05) is 19.0 Å². The van der Waals surface area contributed by atoms with Gasteiger partial charge in [-0.15, -0.1) is 0 Å². The third kappa shape index (κ3) is 3.12. The number of hydrogen-bond donors (Lipinski definition) is 0. The molecule has 0 bridgehead atoms. The van der Waals surface area contributed by atoms with Gasteiger partial charge >= 0.3 is 0 Å². The Labute approximate surface area is 117 Å². The number of carbonyl (C=O) groups is 1. The number of rotatable bonds is 2. The molecular weight excluding hydrogens is 260 g/mol. The van der Waals surface area contributed by atoms with Gasteiger partial charge in [-0.25, -0.2) is 4.99 Å². The highest BCUT2D eigenvalue weighted by molar-refractivity contribution is 6.47. The van der Waals surface area contributed by atoms with Crippen LogP contribution in [0.25, 0.3) is 0 Å². The largest absolute Gasteiger partial charge is 0.378 e. The molecule has 1 aliphatic carbocycles. The Morgan fingerprint density at radius 3 is 2.53 bits per heavy atom. The number of hydrogen-bond acceptors (Lipinski definition) is 3. The molecule has 0 unspecified atom stereocenters. The van der Waals surface area contributed by atoms with Crippen molar-refractivity contribution in [1.82, 2.24) is 0 Å². The lowest BCUT2D eigenvalue weighted by Gasteiger charge is -2.14. The molecule has 3 nitrogen and oxygen atoms in total. The fourth-order valence-corrected chi connectivity index (χ4v) is 1.92. The highest BCUT2D eigenvalue weighted by atomic mass is 35.5. The predicted molar refractivity (Wildman–Crippen MR) is 80.7 cm³/mol. The Morgan fingerprint density at radius 1 is 1.21 bits per heavy atom. The summed E-state index contributed by atoms with van der Waals surface area (Å²) in [5.41, 5.74) is 3.77. The van der Waals surface area contributed by atoms with Gasteiger partial charge in [-0.1, -0.05) is 11.6 Å². The summed E-state index contributed by atoms with van der Waals surface area (Å²) < 4.78 is 0. The SMILES string of the molecule is Cc1cc(N(C)C)ccc1N=C1C=CC(=O)C(Cl)=C1. The Balaban J connectivity index is 2.34. The van der Waals surface area contributed by atoms with Crippen LogP contribution >= 0.6 is 11.6 Å². The first-order valence-electron chi connectivity index (χ1n) is 5.93. The molecule has 1 aliphatic rings. The number of carbonyl (C=O) groups excluding carboxylic acids is 1. The predicted octanol–water partition coefficient (Wildman–Crippen LogP) is 3.40. The first kappa shape index (κ1) is 13.6. The van der Waals surface area contributed by atoms with Crippen LogP contribution in [0.5, 0.6) is 0 Å². The Morgan fingerprint density at radius 2 is 1.95 bits per heavy atom. The molecule has 19 heavy (non-hydrogen) atoms. The second-order valence-corrected chi connectivity index (χ2v) is 5.00. The maximum Gasteiger partial charge on any atom is 0.197 e. The number of allylic oxidation sites excluding steroid dienone is 4. The summed E-state index contributed by atoms with van der Waals surface area (Å²) in [6.07, 6.45) is 4.70. The molecule has 0 saturated carbocycles. The van der Waals surface area contributed by atoms with Gasteiger partial charge in [-0.2, -0.15) is 0 Å². The normalized spacial score (nSPS) is 16.7. The van der Waals surface area contributed by atoms with E-state index in [1.807, 2.05) is 38.1 Å². The van der Waals surface area contributed by atoms with Gasteiger partial charge in [-0.3, -0.25) is 4.79 Å². The average molecular weight is 275 g/mol. The summed E-state index contributed by atoms with van der Waals surface area (Å²) in [6.45, 7) is 2.01. The van der Waals surface area contributed by atoms with E-state index in [2.05, 4.69) is 11.1 Å². The van der Waals surface area contributed by atoms with Crippen molar-refractivity contribution < 1.29 is 4.79 Å². The summed E-state index contributed by atoms with van der Waals surface area (Å²) in [4.78, 5) is 17.8. The van der Waals surface area contributed by atoms with Crippen molar-refractivity contribution in [2.45, 2.75) is 6.92 Å². The Hall–Kier alpha value is -1.87. The van der Waals surface area contributed by atoms with Crippen molar-refractivity contribution in [3.8, 4) is 0 Å². The lowest BCUT2D eigenvalue weighted by molar-refractivity contribution is -0.110. The summed E-state index contributed by atoms with van der Waals surface area (Å²) in [5.74, 6) is -0.180. The van der Waals surface area contributed by atoms with Gasteiger partial charge in [0.1, 0.15) is 0 Å². The van der Waals surface area contributed by atoms with E-state index in [1.165, 1.54) is 6.08 Å². The van der Waals surface area contributed by atoms with Gasteiger partial charge in [-0.05, 0) is 48.9 Å². The minimum absolute atomic E-state index is 0.180. The first-order chi connectivity index (χ1) is 8.97. The summed E-state index contributed by atoms with van der Waals surface area (Å²) in [7, 11) is 4.00. The van der Waals surface area contributed by atoms with Gasteiger partial charge in [0.2, 0.25) is 0 Å². The first-order valence-corrected chi connectivity index (χ1v) is 6.31. The number of benzene rings is 1. The zero-order valence-corrected chi connectivity index (χ0v) is 11.9. The number of nitrogens with zero attached hydrogens (tertiary/aromatic N) is 2. The molecular formula is C15H15ClN2O. The second kappa shape index (κ2) is 5.41. The maximum atomic E-state index is 11.2. The monoisotopic (exact) mass is 274 g/mol. The molecule has 0 heterocycles. The summed E-state index contributed by atoms with van der Waals surface area (Å²) in [6, 6.07) is 6.04. The molecule has 0 spiro atoms. The van der Waals surface area contributed by atoms with Crippen LogP contribution < -0.4 is 4.90 Å².